The van der Waals surface area contributed by atoms with Gasteiger partial charge in [-0.3, -0.25) is 9.59 Å². The van der Waals surface area contributed by atoms with E-state index in [0.29, 0.717) is 63.0 Å². The summed E-state index contributed by atoms with van der Waals surface area (Å²) in [4.78, 5) is 35.8. The summed E-state index contributed by atoms with van der Waals surface area (Å²) >= 11 is 0. The molecule has 0 aliphatic carbocycles. The molecule has 2 aliphatic heterocycles. The molecule has 0 radical (unpaired) electrons. The number of rotatable bonds is 7. The predicted octanol–water partition coefficient (Wildman–Crippen LogP) is 1.35. The summed E-state index contributed by atoms with van der Waals surface area (Å²) in [7, 11) is 0. The number of aromatic nitrogens is 3. The highest BCUT2D eigenvalue weighted by molar-refractivity contribution is 5.90. The summed E-state index contributed by atoms with van der Waals surface area (Å²) in [6.45, 7) is 7.78. The van der Waals surface area contributed by atoms with E-state index in [4.69, 9.17) is 14.5 Å². The van der Waals surface area contributed by atoms with E-state index in [2.05, 4.69) is 5.32 Å². The zero-order valence-corrected chi connectivity index (χ0v) is 21.5. The van der Waals surface area contributed by atoms with Crippen molar-refractivity contribution >= 4 is 17.5 Å². The van der Waals surface area contributed by atoms with Crippen LogP contribution >= 0.6 is 0 Å². The first-order valence-electron chi connectivity index (χ1n) is 13.0. The summed E-state index contributed by atoms with van der Waals surface area (Å²) in [5.41, 5.74) is 0.661. The van der Waals surface area contributed by atoms with Gasteiger partial charge in [0.2, 0.25) is 5.91 Å². The molecule has 2 atom stereocenters. The van der Waals surface area contributed by atoms with Gasteiger partial charge in [-0.1, -0.05) is 24.3 Å². The van der Waals surface area contributed by atoms with Gasteiger partial charge in [0.15, 0.2) is 0 Å². The first kappa shape index (κ1) is 25.2. The van der Waals surface area contributed by atoms with Gasteiger partial charge in [0, 0.05) is 44.3 Å². The van der Waals surface area contributed by atoms with Gasteiger partial charge < -0.3 is 24.6 Å². The van der Waals surface area contributed by atoms with Crippen LogP contribution in [0.4, 0.5) is 0 Å². The number of nitrogens with one attached hydrogen (secondary N) is 1. The third-order valence-electron chi connectivity index (χ3n) is 7.01. The number of morpholine rings is 1. The molecule has 0 spiro atoms. The fraction of sp³-hybridized carbons (Fsp3) is 0.481. The molecule has 4 heterocycles. The van der Waals surface area contributed by atoms with Crippen LogP contribution in [0.25, 0.3) is 5.65 Å². The Kier molecular flexibility index (Phi) is 7.66. The first-order valence-corrected chi connectivity index (χ1v) is 13.0. The van der Waals surface area contributed by atoms with Gasteiger partial charge in [-0.2, -0.15) is 0 Å². The molecule has 0 saturated carbocycles. The van der Waals surface area contributed by atoms with Crippen LogP contribution in [0.15, 0.2) is 54.7 Å². The van der Waals surface area contributed by atoms with Crippen molar-refractivity contribution in [2.24, 2.45) is 5.92 Å². The Balaban J connectivity index is 1.40. The van der Waals surface area contributed by atoms with Gasteiger partial charge in [-0.25, -0.2) is 0 Å². The van der Waals surface area contributed by atoms with E-state index in [-0.39, 0.29) is 36.5 Å². The summed E-state index contributed by atoms with van der Waals surface area (Å²) < 4.78 is 15.0. The minimum absolute atomic E-state index is 0.0788. The van der Waals surface area contributed by atoms with Crippen molar-refractivity contribution in [1.29, 1.82) is 0 Å². The quantitative estimate of drug-likeness (QED) is 0.486. The Morgan fingerprint density at radius 3 is 2.65 bits per heavy atom. The number of ether oxygens (including phenoxy) is 2. The third-order valence-corrected chi connectivity index (χ3v) is 7.01. The second-order valence-electron chi connectivity index (χ2n) is 9.81. The Morgan fingerprint density at radius 2 is 1.89 bits per heavy atom. The number of carbonyl (C=O) groups excluding carboxylic acids is 2. The Bertz CT molecular complexity index is 1220. The van der Waals surface area contributed by atoms with Gasteiger partial charge in [0.25, 0.3) is 12.4 Å². The molecule has 2 fully saturated rings. The minimum Gasteiger partial charge on any atom is -0.452 e. The lowest BCUT2D eigenvalue weighted by Crippen LogP contribution is -2.58. The average Bonchev–Trinajstić information content (AvgIpc) is 3.31. The maximum absolute atomic E-state index is 14.1. The molecule has 2 aromatic heterocycles. The largest absolute Gasteiger partial charge is 0.452 e. The number of carbonyl (C=O) groups is 2. The van der Waals surface area contributed by atoms with E-state index in [9.17, 15) is 9.59 Å². The highest BCUT2D eigenvalue weighted by Crippen LogP contribution is 2.22. The number of pyridine rings is 1. The second kappa shape index (κ2) is 11.3. The summed E-state index contributed by atoms with van der Waals surface area (Å²) in [6, 6.07) is 15.0. The van der Waals surface area contributed by atoms with Crippen LogP contribution < -0.4 is 14.7 Å². The number of nitrogens with zero attached hydrogens (tertiary/aromatic N) is 5. The van der Waals surface area contributed by atoms with Crippen LogP contribution in [0.2, 0.25) is 0 Å². The molecule has 5 rings (SSSR count). The maximum atomic E-state index is 14.1. The minimum atomic E-state index is -0.180. The van der Waals surface area contributed by atoms with E-state index in [0.717, 1.165) is 0 Å². The van der Waals surface area contributed by atoms with Crippen molar-refractivity contribution in [2.75, 3.05) is 39.4 Å². The summed E-state index contributed by atoms with van der Waals surface area (Å²) in [5.74, 6) is 0.788. The van der Waals surface area contributed by atoms with E-state index in [1.165, 1.54) is 0 Å². The summed E-state index contributed by atoms with van der Waals surface area (Å²) in [5, 5.41) is 3.40. The predicted molar refractivity (Wildman–Crippen MR) is 136 cm³/mol. The van der Waals surface area contributed by atoms with Crippen LogP contribution in [0.1, 0.15) is 30.9 Å². The lowest BCUT2D eigenvalue weighted by atomic mass is 9.92. The highest BCUT2D eigenvalue weighted by atomic mass is 16.5. The molecular weight excluding hydrogens is 472 g/mol. The van der Waals surface area contributed by atoms with Crippen molar-refractivity contribution < 1.29 is 23.7 Å². The third kappa shape index (κ3) is 5.45. The molecule has 0 unspecified atom stereocenters. The van der Waals surface area contributed by atoms with E-state index < -0.39 is 0 Å². The normalized spacial score (nSPS) is 20.2. The maximum Gasteiger partial charge on any atom is 0.413 e. The van der Waals surface area contributed by atoms with Crippen molar-refractivity contribution in [3.8, 4) is 5.75 Å². The number of amides is 2. The lowest BCUT2D eigenvalue weighted by Gasteiger charge is -2.40. The topological polar surface area (TPSA) is 92.3 Å². The Labute approximate surface area is 216 Å². The Morgan fingerprint density at radius 1 is 1.14 bits per heavy atom. The summed E-state index contributed by atoms with van der Waals surface area (Å²) in [6.07, 6.45) is 2.48. The van der Waals surface area contributed by atoms with Crippen molar-refractivity contribution in [1.82, 2.24) is 24.6 Å². The monoisotopic (exact) mass is 507 g/mol. The van der Waals surface area contributed by atoms with Crippen molar-refractivity contribution in [2.45, 2.75) is 39.1 Å². The van der Waals surface area contributed by atoms with E-state index >= 15 is 0 Å². The van der Waals surface area contributed by atoms with Crippen LogP contribution in [-0.4, -0.2) is 82.6 Å². The fourth-order valence-electron chi connectivity index (χ4n) is 5.22. The zero-order valence-electron chi connectivity index (χ0n) is 21.5. The zero-order chi connectivity index (χ0) is 25.8. The smallest absolute Gasteiger partial charge is 0.413 e. The van der Waals surface area contributed by atoms with Crippen LogP contribution in [-0.2, 0) is 16.3 Å². The van der Waals surface area contributed by atoms with Gasteiger partial charge in [0.1, 0.15) is 5.75 Å². The first-order chi connectivity index (χ1) is 18.0. The molecule has 3 aromatic rings. The average molecular weight is 508 g/mol. The lowest BCUT2D eigenvalue weighted by molar-refractivity contribution is -0.787. The molecular formula is C27H35N6O4+. The molecule has 10 nitrogen and oxygen atoms in total. The standard InChI is InChI=1S/C27H35N6O4/c1-20(2)33(22-16-21(17-28-18-22)26(34)30-12-14-36-15-13-30)27(35)25-29-24-10-6-7-11-31(24)32(25)19-37-23-8-4-3-5-9-23/h3-11,20-22,28H,12-19H2,1-2H3/q+1/t21-,22+/m1/s1. The molecule has 196 valence electrons. The number of benzene rings is 1. The number of hydrogen-bond acceptors (Lipinski definition) is 6. The molecule has 1 N–H and O–H groups in total. The number of piperidine rings is 1. The number of hydrogen-bond donors (Lipinski definition) is 1. The highest BCUT2D eigenvalue weighted by Gasteiger charge is 2.40. The molecule has 0 bridgehead atoms. The van der Waals surface area contributed by atoms with Crippen molar-refractivity contribution in [3.63, 3.8) is 0 Å². The van der Waals surface area contributed by atoms with Gasteiger partial charge in [-0.15, -0.1) is 9.20 Å². The molecule has 2 aliphatic rings. The molecule has 2 saturated heterocycles. The molecule has 1 aromatic carbocycles. The SMILES string of the molecule is CC(C)N(C(=O)c1nc2ccccn2[n+]1COc1ccccc1)[C@@H]1CNC[C@H](C(=O)N2CCOCC2)C1. The van der Waals surface area contributed by atoms with Crippen LogP contribution in [0.3, 0.4) is 0 Å². The van der Waals surface area contributed by atoms with Gasteiger partial charge in [-0.05, 0) is 43.5 Å². The Hall–Kier alpha value is -3.50. The van der Waals surface area contributed by atoms with Crippen LogP contribution in [0.5, 0.6) is 5.75 Å². The molecule has 2 amide bonds. The number of fused-ring (bicyclic) bond motifs is 1. The molecule has 37 heavy (non-hydrogen) atoms. The van der Waals surface area contributed by atoms with E-state index in [1.807, 2.05) is 82.9 Å². The van der Waals surface area contributed by atoms with Crippen LogP contribution in [0, 0.1) is 5.92 Å². The van der Waals surface area contributed by atoms with Gasteiger partial charge in [0.05, 0.1) is 25.3 Å². The second-order valence-corrected chi connectivity index (χ2v) is 9.81. The van der Waals surface area contributed by atoms with E-state index in [1.54, 1.807) is 4.68 Å². The molecule has 10 heteroatoms. The number of para-hydroxylation sites is 1. The van der Waals surface area contributed by atoms with Gasteiger partial charge >= 0.3 is 11.7 Å². The van der Waals surface area contributed by atoms with Crippen molar-refractivity contribution in [3.05, 3.63) is 60.6 Å². The fourth-order valence-corrected chi connectivity index (χ4v) is 5.22.